The van der Waals surface area contributed by atoms with Crippen molar-refractivity contribution in [2.75, 3.05) is 7.11 Å². The van der Waals surface area contributed by atoms with Crippen LogP contribution in [0.4, 0.5) is 0 Å². The molecule has 2 heterocycles. The first-order valence-electron chi connectivity index (χ1n) is 10.8. The Kier molecular flexibility index (Phi) is 6.43. The molecule has 0 radical (unpaired) electrons. The van der Waals surface area contributed by atoms with Gasteiger partial charge in [0, 0.05) is 28.1 Å². The lowest BCUT2D eigenvalue weighted by Crippen LogP contribution is -2.24. The number of nitrogens with zero attached hydrogens (tertiary/aromatic N) is 2. The molecule has 7 heteroatoms. The molecule has 0 aliphatic carbocycles. The molecule has 0 saturated carbocycles. The van der Waals surface area contributed by atoms with E-state index >= 15 is 0 Å². The maximum Gasteiger partial charge on any atom is 0.278 e. The van der Waals surface area contributed by atoms with E-state index in [9.17, 15) is 4.79 Å². The number of fused-ring (bicyclic) bond motifs is 1. The first-order chi connectivity index (χ1) is 16.7. The fourth-order valence-corrected chi connectivity index (χ4v) is 5.20. The standard InChI is InChI=1S/C27H22ClN3O2S/c1-33-23-14-8-6-11-19(23)16-31-26(32)25-24(21(15-29-25)18-9-3-2-4-10-18)30-27(31)34-17-20-12-5-7-13-22(20)28/h2-15,29H,16-17H2,1H3. The van der Waals surface area contributed by atoms with Crippen molar-refractivity contribution in [1.29, 1.82) is 0 Å². The van der Waals surface area contributed by atoms with Gasteiger partial charge >= 0.3 is 0 Å². The number of methoxy groups -OCH3 is 1. The van der Waals surface area contributed by atoms with Gasteiger partial charge in [0.15, 0.2) is 5.16 Å². The van der Waals surface area contributed by atoms with Gasteiger partial charge in [0.25, 0.3) is 5.56 Å². The van der Waals surface area contributed by atoms with Gasteiger partial charge in [-0.25, -0.2) is 4.98 Å². The molecule has 0 fully saturated rings. The van der Waals surface area contributed by atoms with E-state index in [-0.39, 0.29) is 5.56 Å². The van der Waals surface area contributed by atoms with Gasteiger partial charge < -0.3 is 9.72 Å². The number of para-hydroxylation sites is 1. The zero-order chi connectivity index (χ0) is 23.5. The molecule has 34 heavy (non-hydrogen) atoms. The summed E-state index contributed by atoms with van der Waals surface area (Å²) in [5.74, 6) is 1.32. The van der Waals surface area contributed by atoms with Crippen LogP contribution in [-0.4, -0.2) is 21.6 Å². The van der Waals surface area contributed by atoms with Gasteiger partial charge in [0.1, 0.15) is 16.8 Å². The summed E-state index contributed by atoms with van der Waals surface area (Å²) in [5.41, 5.74) is 4.82. The Bertz CT molecular complexity index is 1510. The summed E-state index contributed by atoms with van der Waals surface area (Å²) in [5, 5.41) is 1.32. The van der Waals surface area contributed by atoms with Crippen LogP contribution < -0.4 is 10.3 Å². The summed E-state index contributed by atoms with van der Waals surface area (Å²) in [4.78, 5) is 21.8. The minimum absolute atomic E-state index is 0.125. The number of ether oxygens (including phenoxy) is 1. The number of H-pyrrole nitrogens is 1. The predicted octanol–water partition coefficient (Wildman–Crippen LogP) is 6.39. The monoisotopic (exact) mass is 487 g/mol. The van der Waals surface area contributed by atoms with Crippen LogP contribution in [-0.2, 0) is 12.3 Å². The molecular formula is C27H22ClN3O2S. The van der Waals surface area contributed by atoms with Crippen molar-refractivity contribution in [3.8, 4) is 16.9 Å². The Hall–Kier alpha value is -3.48. The molecule has 0 atom stereocenters. The molecule has 170 valence electrons. The lowest BCUT2D eigenvalue weighted by atomic mass is 10.1. The Balaban J connectivity index is 1.64. The summed E-state index contributed by atoms with van der Waals surface area (Å²) < 4.78 is 7.23. The topological polar surface area (TPSA) is 59.9 Å². The van der Waals surface area contributed by atoms with Gasteiger partial charge in [-0.2, -0.15) is 0 Å². The van der Waals surface area contributed by atoms with Gasteiger partial charge in [-0.05, 0) is 23.3 Å². The van der Waals surface area contributed by atoms with E-state index in [2.05, 4.69) is 4.98 Å². The van der Waals surface area contributed by atoms with E-state index < -0.39 is 0 Å². The fourth-order valence-electron chi connectivity index (χ4n) is 3.92. The first-order valence-corrected chi connectivity index (χ1v) is 12.2. The summed E-state index contributed by atoms with van der Waals surface area (Å²) in [7, 11) is 1.63. The summed E-state index contributed by atoms with van der Waals surface area (Å²) in [6, 6.07) is 25.4. The molecule has 3 aromatic carbocycles. The summed E-state index contributed by atoms with van der Waals surface area (Å²) in [6.45, 7) is 0.344. The van der Waals surface area contributed by atoms with E-state index in [1.165, 1.54) is 11.8 Å². The SMILES string of the molecule is COc1ccccc1Cn1c(SCc2ccccc2Cl)nc2c(-c3ccccc3)c[nH]c2c1=O. The molecule has 1 N–H and O–H groups in total. The van der Waals surface area contributed by atoms with Crippen LogP contribution in [0, 0.1) is 0 Å². The van der Waals surface area contributed by atoms with Gasteiger partial charge in [-0.3, -0.25) is 9.36 Å². The van der Waals surface area contributed by atoms with Gasteiger partial charge in [0.05, 0.1) is 13.7 Å². The van der Waals surface area contributed by atoms with Crippen LogP contribution in [0.3, 0.4) is 0 Å². The molecule has 5 aromatic rings. The van der Waals surface area contributed by atoms with Crippen molar-refractivity contribution < 1.29 is 4.74 Å². The molecular weight excluding hydrogens is 466 g/mol. The van der Waals surface area contributed by atoms with E-state index in [4.69, 9.17) is 21.3 Å². The molecule has 0 bridgehead atoms. The number of hydrogen-bond donors (Lipinski definition) is 1. The molecule has 0 unspecified atom stereocenters. The highest BCUT2D eigenvalue weighted by molar-refractivity contribution is 7.98. The predicted molar refractivity (Wildman–Crippen MR) is 139 cm³/mol. The van der Waals surface area contributed by atoms with Crippen LogP contribution in [0.1, 0.15) is 11.1 Å². The van der Waals surface area contributed by atoms with Crippen LogP contribution in [0.5, 0.6) is 5.75 Å². The Morgan fingerprint density at radius 3 is 2.44 bits per heavy atom. The number of rotatable bonds is 7. The quantitative estimate of drug-likeness (QED) is 0.213. The van der Waals surface area contributed by atoms with Crippen molar-refractivity contribution in [2.24, 2.45) is 0 Å². The average molecular weight is 488 g/mol. The van der Waals surface area contributed by atoms with E-state index in [1.54, 1.807) is 11.7 Å². The molecule has 0 aliphatic heterocycles. The average Bonchev–Trinajstić information content (AvgIpc) is 3.30. The molecule has 0 amide bonds. The molecule has 0 spiro atoms. The van der Waals surface area contributed by atoms with E-state index in [0.29, 0.717) is 33.5 Å². The Morgan fingerprint density at radius 2 is 1.68 bits per heavy atom. The number of hydrogen-bond acceptors (Lipinski definition) is 4. The second kappa shape index (κ2) is 9.79. The van der Waals surface area contributed by atoms with Crippen LogP contribution in [0.2, 0.25) is 5.02 Å². The van der Waals surface area contributed by atoms with Crippen molar-refractivity contribution in [2.45, 2.75) is 17.5 Å². The van der Waals surface area contributed by atoms with Gasteiger partial charge in [0.2, 0.25) is 0 Å². The zero-order valence-electron chi connectivity index (χ0n) is 18.5. The largest absolute Gasteiger partial charge is 0.496 e. The normalized spacial score (nSPS) is 11.1. The van der Waals surface area contributed by atoms with E-state index in [0.717, 1.165) is 28.0 Å². The second-order valence-electron chi connectivity index (χ2n) is 7.77. The number of aromatic nitrogens is 3. The third kappa shape index (κ3) is 4.34. The third-order valence-corrected chi connectivity index (χ3v) is 7.06. The maximum absolute atomic E-state index is 13.7. The highest BCUT2D eigenvalue weighted by atomic mass is 35.5. The van der Waals surface area contributed by atoms with Crippen LogP contribution in [0.15, 0.2) is 95.0 Å². The maximum atomic E-state index is 13.7. The van der Waals surface area contributed by atoms with Gasteiger partial charge in [-0.1, -0.05) is 90.1 Å². The van der Waals surface area contributed by atoms with Crippen molar-refractivity contribution in [3.63, 3.8) is 0 Å². The number of halogens is 1. The number of benzene rings is 3. The highest BCUT2D eigenvalue weighted by Gasteiger charge is 2.18. The first kappa shape index (κ1) is 22.3. The van der Waals surface area contributed by atoms with Crippen molar-refractivity contribution in [3.05, 3.63) is 112 Å². The number of aromatic amines is 1. The smallest absolute Gasteiger partial charge is 0.278 e. The third-order valence-electron chi connectivity index (χ3n) is 5.67. The summed E-state index contributed by atoms with van der Waals surface area (Å²) in [6.07, 6.45) is 1.85. The molecule has 0 aliphatic rings. The Morgan fingerprint density at radius 1 is 0.971 bits per heavy atom. The van der Waals surface area contributed by atoms with Crippen molar-refractivity contribution in [1.82, 2.24) is 14.5 Å². The highest BCUT2D eigenvalue weighted by Crippen LogP contribution is 2.31. The number of thioether (sulfide) groups is 1. The summed E-state index contributed by atoms with van der Waals surface area (Å²) >= 11 is 7.89. The molecule has 5 rings (SSSR count). The molecule has 2 aromatic heterocycles. The Labute approximate surface area is 206 Å². The van der Waals surface area contributed by atoms with E-state index in [1.807, 2.05) is 85.1 Å². The minimum Gasteiger partial charge on any atom is -0.496 e. The number of nitrogens with one attached hydrogen (secondary N) is 1. The van der Waals surface area contributed by atoms with Gasteiger partial charge in [-0.15, -0.1) is 0 Å². The zero-order valence-corrected chi connectivity index (χ0v) is 20.1. The lowest BCUT2D eigenvalue weighted by Gasteiger charge is -2.15. The molecule has 5 nitrogen and oxygen atoms in total. The van der Waals surface area contributed by atoms with Crippen LogP contribution in [0.25, 0.3) is 22.2 Å². The second-order valence-corrected chi connectivity index (χ2v) is 9.12. The van der Waals surface area contributed by atoms with Crippen molar-refractivity contribution >= 4 is 34.4 Å². The fraction of sp³-hybridized carbons (Fsp3) is 0.111. The van der Waals surface area contributed by atoms with Crippen LogP contribution >= 0.6 is 23.4 Å². The molecule has 0 saturated heterocycles. The minimum atomic E-state index is -0.125. The lowest BCUT2D eigenvalue weighted by molar-refractivity contribution is 0.407.